The molecular formula is C15H19NO3S. The summed E-state index contributed by atoms with van der Waals surface area (Å²) in [5.41, 5.74) is 1.08. The molecule has 2 aliphatic rings. The van der Waals surface area contributed by atoms with Crippen molar-refractivity contribution in [2.75, 3.05) is 26.5 Å². The molecule has 3 rings (SSSR count). The lowest BCUT2D eigenvalue weighted by Crippen LogP contribution is -2.31. The van der Waals surface area contributed by atoms with Gasteiger partial charge in [0.1, 0.15) is 16.9 Å². The van der Waals surface area contributed by atoms with Gasteiger partial charge in [-0.25, -0.2) is 0 Å². The van der Waals surface area contributed by atoms with Crippen LogP contribution in [0, 0.1) is 5.92 Å². The molecule has 4 nitrogen and oxygen atoms in total. The molecule has 1 aromatic carbocycles. The molecule has 1 amide bonds. The third kappa shape index (κ3) is 2.59. The molecule has 1 aromatic rings. The number of benzene rings is 1. The Balaban J connectivity index is 1.88. The van der Waals surface area contributed by atoms with Crippen LogP contribution < -0.4 is 9.47 Å². The first-order valence-electron chi connectivity index (χ1n) is 6.88. The van der Waals surface area contributed by atoms with Gasteiger partial charge in [0.25, 0.3) is 0 Å². The maximum absolute atomic E-state index is 12.4. The van der Waals surface area contributed by atoms with E-state index in [1.165, 1.54) is 0 Å². The second-order valence-corrected chi connectivity index (χ2v) is 6.36. The van der Waals surface area contributed by atoms with Gasteiger partial charge < -0.3 is 14.4 Å². The molecule has 0 N–H and O–H groups in total. The Morgan fingerprint density at radius 1 is 1.20 bits per heavy atom. The van der Waals surface area contributed by atoms with Gasteiger partial charge in [0.05, 0.1) is 14.2 Å². The first-order chi connectivity index (χ1) is 9.72. The van der Waals surface area contributed by atoms with E-state index in [1.54, 1.807) is 14.2 Å². The Morgan fingerprint density at radius 3 is 2.40 bits per heavy atom. The highest BCUT2D eigenvalue weighted by molar-refractivity contribution is 7.99. The number of ether oxygens (including phenoxy) is 2. The topological polar surface area (TPSA) is 38.8 Å². The van der Waals surface area contributed by atoms with Gasteiger partial charge in [0.15, 0.2) is 0 Å². The van der Waals surface area contributed by atoms with Gasteiger partial charge in [-0.2, -0.15) is 0 Å². The Labute approximate surface area is 123 Å². The summed E-state index contributed by atoms with van der Waals surface area (Å²) in [4.78, 5) is 14.4. The summed E-state index contributed by atoms with van der Waals surface area (Å²) >= 11 is 1.81. The highest BCUT2D eigenvalue weighted by atomic mass is 32.2. The lowest BCUT2D eigenvalue weighted by Gasteiger charge is -2.24. The molecule has 2 fully saturated rings. The van der Waals surface area contributed by atoms with Crippen LogP contribution >= 0.6 is 11.8 Å². The van der Waals surface area contributed by atoms with Crippen LogP contribution in [0.15, 0.2) is 18.2 Å². The van der Waals surface area contributed by atoms with Gasteiger partial charge in [0, 0.05) is 24.3 Å². The molecular weight excluding hydrogens is 274 g/mol. The molecule has 1 saturated carbocycles. The van der Waals surface area contributed by atoms with E-state index in [1.807, 2.05) is 34.9 Å². The van der Waals surface area contributed by atoms with E-state index in [0.717, 1.165) is 42.2 Å². The molecule has 0 radical (unpaired) electrons. The van der Waals surface area contributed by atoms with Gasteiger partial charge in [-0.3, -0.25) is 4.79 Å². The number of hydrogen-bond acceptors (Lipinski definition) is 4. The Morgan fingerprint density at radius 2 is 1.85 bits per heavy atom. The summed E-state index contributed by atoms with van der Waals surface area (Å²) in [6.07, 6.45) is 2.10. The highest BCUT2D eigenvalue weighted by Crippen LogP contribution is 2.43. The third-order valence-corrected chi connectivity index (χ3v) is 5.02. The SMILES string of the molecule is COc1cc(OC)cc(C2SCCN2C(=O)C2CC2)c1. The van der Waals surface area contributed by atoms with E-state index in [0.29, 0.717) is 5.91 Å². The molecule has 0 bridgehead atoms. The number of thioether (sulfide) groups is 1. The molecule has 108 valence electrons. The van der Waals surface area contributed by atoms with Crippen LogP contribution in [0.4, 0.5) is 0 Å². The van der Waals surface area contributed by atoms with Crippen LogP contribution in [-0.4, -0.2) is 37.3 Å². The number of carbonyl (C=O) groups excluding carboxylic acids is 1. The van der Waals surface area contributed by atoms with E-state index in [9.17, 15) is 4.79 Å². The fourth-order valence-electron chi connectivity index (χ4n) is 2.51. The summed E-state index contributed by atoms with van der Waals surface area (Å²) in [6, 6.07) is 5.85. The number of carbonyl (C=O) groups is 1. The summed E-state index contributed by atoms with van der Waals surface area (Å²) in [5.74, 6) is 3.10. The fraction of sp³-hybridized carbons (Fsp3) is 0.533. The molecule has 1 unspecified atom stereocenters. The van der Waals surface area contributed by atoms with Crippen LogP contribution in [0.25, 0.3) is 0 Å². The van der Waals surface area contributed by atoms with E-state index < -0.39 is 0 Å². The summed E-state index contributed by atoms with van der Waals surface area (Å²) < 4.78 is 10.6. The minimum absolute atomic E-state index is 0.0899. The zero-order chi connectivity index (χ0) is 14.1. The van der Waals surface area contributed by atoms with Crippen LogP contribution in [0.3, 0.4) is 0 Å². The number of methoxy groups -OCH3 is 2. The normalized spacial score (nSPS) is 21.9. The molecule has 1 saturated heterocycles. The van der Waals surface area contributed by atoms with Crippen LogP contribution in [-0.2, 0) is 4.79 Å². The van der Waals surface area contributed by atoms with Crippen molar-refractivity contribution in [3.63, 3.8) is 0 Å². The van der Waals surface area contributed by atoms with Gasteiger partial charge in [-0.1, -0.05) is 0 Å². The van der Waals surface area contributed by atoms with Gasteiger partial charge in [-0.15, -0.1) is 11.8 Å². The van der Waals surface area contributed by atoms with Crippen molar-refractivity contribution in [1.29, 1.82) is 0 Å². The third-order valence-electron chi connectivity index (χ3n) is 3.76. The summed E-state index contributed by atoms with van der Waals surface area (Å²) in [6.45, 7) is 0.837. The maximum atomic E-state index is 12.4. The lowest BCUT2D eigenvalue weighted by molar-refractivity contribution is -0.132. The average Bonchev–Trinajstić information content (AvgIpc) is 3.22. The molecule has 20 heavy (non-hydrogen) atoms. The molecule has 1 atom stereocenters. The van der Waals surface area contributed by atoms with Crippen molar-refractivity contribution >= 4 is 17.7 Å². The van der Waals surface area contributed by atoms with Crippen LogP contribution in [0.1, 0.15) is 23.8 Å². The number of hydrogen-bond donors (Lipinski definition) is 0. The van der Waals surface area contributed by atoms with Crippen molar-refractivity contribution < 1.29 is 14.3 Å². The number of amides is 1. The molecule has 1 heterocycles. The Hall–Kier alpha value is -1.36. The van der Waals surface area contributed by atoms with E-state index >= 15 is 0 Å². The highest BCUT2D eigenvalue weighted by Gasteiger charge is 2.39. The Kier molecular flexibility index (Phi) is 3.78. The zero-order valence-corrected chi connectivity index (χ0v) is 12.6. The van der Waals surface area contributed by atoms with Crippen LogP contribution in [0.5, 0.6) is 11.5 Å². The molecule has 1 aliphatic heterocycles. The first kappa shape index (κ1) is 13.6. The molecule has 0 spiro atoms. The van der Waals surface area contributed by atoms with Gasteiger partial charge >= 0.3 is 0 Å². The minimum Gasteiger partial charge on any atom is -0.497 e. The number of nitrogens with zero attached hydrogens (tertiary/aromatic N) is 1. The standard InChI is InChI=1S/C15H19NO3S/c1-18-12-7-11(8-13(9-12)19-2)15-16(5-6-20-15)14(17)10-3-4-10/h7-10,15H,3-6H2,1-2H3. The number of rotatable bonds is 4. The second kappa shape index (κ2) is 5.56. The summed E-state index contributed by atoms with van der Waals surface area (Å²) in [7, 11) is 3.29. The van der Waals surface area contributed by atoms with Crippen molar-refractivity contribution in [2.45, 2.75) is 18.2 Å². The monoisotopic (exact) mass is 293 g/mol. The first-order valence-corrected chi connectivity index (χ1v) is 7.93. The predicted octanol–water partition coefficient (Wildman–Crippen LogP) is 2.69. The van der Waals surface area contributed by atoms with E-state index in [2.05, 4.69) is 0 Å². The second-order valence-electron chi connectivity index (χ2n) is 5.18. The fourth-order valence-corrected chi connectivity index (χ4v) is 3.75. The lowest BCUT2D eigenvalue weighted by atomic mass is 10.1. The summed E-state index contributed by atoms with van der Waals surface area (Å²) in [5, 5.41) is 0.0899. The molecule has 5 heteroatoms. The van der Waals surface area contributed by atoms with Gasteiger partial charge in [-0.05, 0) is 30.5 Å². The van der Waals surface area contributed by atoms with Gasteiger partial charge in [0.2, 0.25) is 5.91 Å². The minimum atomic E-state index is 0.0899. The molecule has 0 aromatic heterocycles. The predicted molar refractivity (Wildman–Crippen MR) is 79.2 cm³/mol. The molecule has 1 aliphatic carbocycles. The largest absolute Gasteiger partial charge is 0.497 e. The van der Waals surface area contributed by atoms with E-state index in [4.69, 9.17) is 9.47 Å². The van der Waals surface area contributed by atoms with Crippen molar-refractivity contribution in [3.8, 4) is 11.5 Å². The smallest absolute Gasteiger partial charge is 0.226 e. The zero-order valence-electron chi connectivity index (χ0n) is 11.8. The Bertz CT molecular complexity index is 494. The van der Waals surface area contributed by atoms with Crippen molar-refractivity contribution in [2.24, 2.45) is 5.92 Å². The average molecular weight is 293 g/mol. The van der Waals surface area contributed by atoms with Crippen LogP contribution in [0.2, 0.25) is 0 Å². The van der Waals surface area contributed by atoms with Crippen molar-refractivity contribution in [3.05, 3.63) is 23.8 Å². The maximum Gasteiger partial charge on any atom is 0.226 e. The van der Waals surface area contributed by atoms with Crippen molar-refractivity contribution in [1.82, 2.24) is 4.90 Å². The van der Waals surface area contributed by atoms with E-state index in [-0.39, 0.29) is 11.3 Å². The quantitative estimate of drug-likeness (QED) is 0.855.